The number of halogens is 1. The van der Waals surface area contributed by atoms with Gasteiger partial charge in [-0.05, 0) is 43.0 Å². The van der Waals surface area contributed by atoms with Crippen LogP contribution in [0.2, 0.25) is 0 Å². The van der Waals surface area contributed by atoms with Crippen LogP contribution in [0.3, 0.4) is 0 Å². The highest BCUT2D eigenvalue weighted by atomic mass is 79.9. The maximum absolute atomic E-state index is 12.4. The third-order valence-corrected chi connectivity index (χ3v) is 4.65. The molecule has 0 saturated carbocycles. The Labute approximate surface area is 140 Å². The number of carbonyl (C=O) groups excluding carboxylic acids is 1. The second-order valence-corrected chi connectivity index (χ2v) is 6.29. The average Bonchev–Trinajstić information content (AvgIpc) is 2.50. The molecule has 2 aromatic carbocycles. The van der Waals surface area contributed by atoms with E-state index < -0.39 is 10.8 Å². The Morgan fingerprint density at radius 2 is 2.00 bits per heavy atom. The monoisotopic (exact) mass is 380 g/mol. The van der Waals surface area contributed by atoms with Crippen LogP contribution in [0.25, 0.3) is 0 Å². The van der Waals surface area contributed by atoms with E-state index in [1.165, 1.54) is 23.9 Å². The fourth-order valence-electron chi connectivity index (χ4n) is 1.85. The van der Waals surface area contributed by atoms with Crippen LogP contribution < -0.4 is 5.32 Å². The van der Waals surface area contributed by atoms with E-state index >= 15 is 0 Å². The Bertz CT molecular complexity index is 750. The minimum absolute atomic E-state index is 0.0496. The van der Waals surface area contributed by atoms with E-state index in [1.54, 1.807) is 18.2 Å². The van der Waals surface area contributed by atoms with E-state index in [0.717, 1.165) is 14.9 Å². The summed E-state index contributed by atoms with van der Waals surface area (Å²) in [5.41, 5.74) is 1.45. The minimum Gasteiger partial charge on any atom is -0.322 e. The molecule has 1 amide bonds. The molecule has 5 nitrogen and oxygen atoms in total. The second-order valence-electron chi connectivity index (χ2n) is 4.56. The molecule has 22 heavy (non-hydrogen) atoms. The van der Waals surface area contributed by atoms with Crippen LogP contribution in [0.4, 0.5) is 11.4 Å². The van der Waals surface area contributed by atoms with Crippen molar-refractivity contribution in [2.75, 3.05) is 11.6 Å². The molecule has 0 aliphatic heterocycles. The van der Waals surface area contributed by atoms with E-state index in [9.17, 15) is 14.9 Å². The van der Waals surface area contributed by atoms with Crippen molar-refractivity contribution in [1.29, 1.82) is 0 Å². The number of amides is 1. The van der Waals surface area contributed by atoms with Crippen molar-refractivity contribution in [3.05, 3.63) is 62.1 Å². The summed E-state index contributed by atoms with van der Waals surface area (Å²) in [7, 11) is 0. The third kappa shape index (κ3) is 3.66. The van der Waals surface area contributed by atoms with Gasteiger partial charge in [-0.2, -0.15) is 0 Å². The summed E-state index contributed by atoms with van der Waals surface area (Å²) in [6.07, 6.45) is 1.85. The van der Waals surface area contributed by atoms with E-state index in [4.69, 9.17) is 0 Å². The molecule has 7 heteroatoms. The number of nitrogens with zero attached hydrogens (tertiary/aromatic N) is 1. The first-order valence-electron chi connectivity index (χ1n) is 6.32. The summed E-state index contributed by atoms with van der Waals surface area (Å²) in [6, 6.07) is 9.88. The Morgan fingerprint density at radius 1 is 1.27 bits per heavy atom. The molecule has 0 aromatic heterocycles. The molecule has 0 saturated heterocycles. The molecular weight excluding hydrogens is 368 g/mol. The summed E-state index contributed by atoms with van der Waals surface area (Å²) in [5.74, 6) is -0.502. The number of hydrogen-bond acceptors (Lipinski definition) is 4. The van der Waals surface area contributed by atoms with E-state index in [1.807, 2.05) is 19.2 Å². The molecule has 0 atom stereocenters. The number of nitrogens with one attached hydrogen (secondary N) is 1. The SMILES string of the molecule is CSc1ccc([N+](=O)[O-])c(C(=O)Nc2ccc(C)c(Br)c2)c1. The molecule has 0 heterocycles. The molecule has 0 aliphatic rings. The molecule has 0 fully saturated rings. The molecule has 0 spiro atoms. The lowest BCUT2D eigenvalue weighted by atomic mass is 10.1. The number of thioether (sulfide) groups is 1. The lowest BCUT2D eigenvalue weighted by Crippen LogP contribution is -2.14. The highest BCUT2D eigenvalue weighted by Gasteiger charge is 2.20. The van der Waals surface area contributed by atoms with Gasteiger partial charge in [-0.15, -0.1) is 11.8 Å². The van der Waals surface area contributed by atoms with Crippen LogP contribution in [0.1, 0.15) is 15.9 Å². The van der Waals surface area contributed by atoms with Crippen LogP contribution in [0, 0.1) is 17.0 Å². The highest BCUT2D eigenvalue weighted by Crippen LogP contribution is 2.26. The van der Waals surface area contributed by atoms with Gasteiger partial charge in [-0.25, -0.2) is 0 Å². The first-order valence-corrected chi connectivity index (χ1v) is 8.34. The number of hydrogen-bond donors (Lipinski definition) is 1. The Kier molecular flexibility index (Phi) is 5.20. The molecule has 114 valence electrons. The molecule has 0 unspecified atom stereocenters. The molecule has 1 N–H and O–H groups in total. The number of nitro benzene ring substituents is 1. The van der Waals surface area contributed by atoms with E-state index in [0.29, 0.717) is 5.69 Å². The molecular formula is C15H13BrN2O3S. The molecule has 0 bridgehead atoms. The fourth-order valence-corrected chi connectivity index (χ4v) is 2.67. The maximum atomic E-state index is 12.4. The van der Waals surface area contributed by atoms with Gasteiger partial charge in [0, 0.05) is 21.1 Å². The summed E-state index contributed by atoms with van der Waals surface area (Å²) < 4.78 is 0.859. The van der Waals surface area contributed by atoms with Crippen molar-refractivity contribution >= 4 is 45.0 Å². The fraction of sp³-hybridized carbons (Fsp3) is 0.133. The van der Waals surface area contributed by atoms with Gasteiger partial charge in [0.05, 0.1) is 4.92 Å². The van der Waals surface area contributed by atoms with E-state index in [2.05, 4.69) is 21.2 Å². The smallest absolute Gasteiger partial charge is 0.282 e. The number of nitro groups is 1. The van der Waals surface area contributed by atoms with Crippen LogP contribution >= 0.6 is 27.7 Å². The van der Waals surface area contributed by atoms with Gasteiger partial charge >= 0.3 is 0 Å². The van der Waals surface area contributed by atoms with Crippen molar-refractivity contribution in [1.82, 2.24) is 0 Å². The standard InChI is InChI=1S/C15H13BrN2O3S/c1-9-3-4-10(7-13(9)16)17-15(19)12-8-11(22-2)5-6-14(12)18(20)21/h3-8H,1-2H3,(H,17,19). The zero-order valence-corrected chi connectivity index (χ0v) is 14.3. The quantitative estimate of drug-likeness (QED) is 0.476. The van der Waals surface area contributed by atoms with Gasteiger partial charge in [0.1, 0.15) is 5.56 Å². The molecule has 2 rings (SSSR count). The van der Waals surface area contributed by atoms with Gasteiger partial charge in [0.15, 0.2) is 0 Å². The number of anilines is 1. The predicted molar refractivity (Wildman–Crippen MR) is 91.7 cm³/mol. The Hall–Kier alpha value is -1.86. The first-order chi connectivity index (χ1) is 10.4. The number of carbonyl (C=O) groups is 1. The molecule has 0 aliphatic carbocycles. The highest BCUT2D eigenvalue weighted by molar-refractivity contribution is 9.10. The molecule has 2 aromatic rings. The Morgan fingerprint density at radius 3 is 2.59 bits per heavy atom. The van der Waals surface area contributed by atoms with Gasteiger partial charge < -0.3 is 5.32 Å². The molecule has 0 radical (unpaired) electrons. The first kappa shape index (κ1) is 16.5. The van der Waals surface area contributed by atoms with Crippen LogP contribution in [-0.4, -0.2) is 17.1 Å². The predicted octanol–water partition coefficient (Wildman–Crippen LogP) is 4.64. The topological polar surface area (TPSA) is 72.2 Å². The van der Waals surface area contributed by atoms with Crippen molar-refractivity contribution in [2.24, 2.45) is 0 Å². The lowest BCUT2D eigenvalue weighted by Gasteiger charge is -2.08. The summed E-state index contributed by atoms with van der Waals surface area (Å²) in [6.45, 7) is 1.93. The van der Waals surface area contributed by atoms with E-state index in [-0.39, 0.29) is 11.3 Å². The van der Waals surface area contributed by atoms with Crippen LogP contribution in [0.5, 0.6) is 0 Å². The Balaban J connectivity index is 2.35. The number of aryl methyl sites for hydroxylation is 1. The lowest BCUT2D eigenvalue weighted by molar-refractivity contribution is -0.385. The van der Waals surface area contributed by atoms with Crippen molar-refractivity contribution in [3.8, 4) is 0 Å². The van der Waals surface area contributed by atoms with Crippen molar-refractivity contribution in [2.45, 2.75) is 11.8 Å². The summed E-state index contributed by atoms with van der Waals surface area (Å²) >= 11 is 4.81. The largest absolute Gasteiger partial charge is 0.322 e. The van der Waals surface area contributed by atoms with Crippen LogP contribution in [-0.2, 0) is 0 Å². The second kappa shape index (κ2) is 6.93. The minimum atomic E-state index is -0.552. The van der Waals surface area contributed by atoms with Crippen LogP contribution in [0.15, 0.2) is 45.8 Å². The third-order valence-electron chi connectivity index (χ3n) is 3.07. The zero-order chi connectivity index (χ0) is 16.3. The van der Waals surface area contributed by atoms with Gasteiger partial charge in [0.25, 0.3) is 11.6 Å². The van der Waals surface area contributed by atoms with Crippen molar-refractivity contribution < 1.29 is 9.72 Å². The zero-order valence-electron chi connectivity index (χ0n) is 11.9. The van der Waals surface area contributed by atoms with Gasteiger partial charge in [-0.1, -0.05) is 22.0 Å². The van der Waals surface area contributed by atoms with Gasteiger partial charge in [0.2, 0.25) is 0 Å². The average molecular weight is 381 g/mol. The summed E-state index contributed by atoms with van der Waals surface area (Å²) in [4.78, 5) is 23.7. The number of rotatable bonds is 4. The van der Waals surface area contributed by atoms with Crippen molar-refractivity contribution in [3.63, 3.8) is 0 Å². The maximum Gasteiger partial charge on any atom is 0.282 e. The summed E-state index contributed by atoms with van der Waals surface area (Å²) in [5, 5.41) is 13.8. The number of benzene rings is 2. The normalized spacial score (nSPS) is 10.3. The van der Waals surface area contributed by atoms with Gasteiger partial charge in [-0.3, -0.25) is 14.9 Å².